The molecule has 1 aliphatic rings. The molecule has 0 unspecified atom stereocenters. The fourth-order valence-electron chi connectivity index (χ4n) is 8.39. The van der Waals surface area contributed by atoms with Gasteiger partial charge in [-0.15, -0.1) is 0 Å². The van der Waals surface area contributed by atoms with Gasteiger partial charge in [0.15, 0.2) is 17.5 Å². The number of benzene rings is 9. The van der Waals surface area contributed by atoms with Crippen LogP contribution in [-0.4, -0.2) is 15.0 Å². The van der Waals surface area contributed by atoms with Crippen molar-refractivity contribution in [2.45, 2.75) is 0 Å². The summed E-state index contributed by atoms with van der Waals surface area (Å²) in [5.41, 5.74) is 8.10. The Bertz CT molecular complexity index is 3660. The van der Waals surface area contributed by atoms with Crippen LogP contribution in [0.25, 0.3) is 99.5 Å². The molecular formula is C51H30N4O. The van der Waals surface area contributed by atoms with Gasteiger partial charge in [-0.05, 0) is 75.0 Å². The maximum absolute atomic E-state index is 8.81. The van der Waals surface area contributed by atoms with Crippen LogP contribution in [0.15, 0.2) is 186 Å². The normalized spacial score (nSPS) is 13.5. The van der Waals surface area contributed by atoms with Crippen LogP contribution < -0.4 is 4.90 Å². The van der Waals surface area contributed by atoms with E-state index in [9.17, 15) is 0 Å². The molecule has 5 heteroatoms. The molecule has 5 nitrogen and oxygen atoms in total. The van der Waals surface area contributed by atoms with E-state index < -0.39 is 30.2 Å². The largest absolute Gasteiger partial charge is 0.455 e. The SMILES string of the molecule is [2H]c1c([2H])c([2H])c(-c2nc(-c3ccc4cc(N5c6ccc7ccccc7c6-c6cccc7cccc5c67)ccc4c3)nc(-c3cccc4c3oc3ccccc34)n2)c([2H])c1[2H]. The van der Waals surface area contributed by atoms with Crippen LogP contribution >= 0.6 is 0 Å². The van der Waals surface area contributed by atoms with Crippen molar-refractivity contribution in [3.8, 4) is 45.3 Å². The molecule has 11 aromatic rings. The molecular weight excluding hydrogens is 685 g/mol. The molecule has 0 saturated heterocycles. The van der Waals surface area contributed by atoms with Gasteiger partial charge in [0, 0.05) is 38.5 Å². The lowest BCUT2D eigenvalue weighted by Crippen LogP contribution is -2.15. The van der Waals surface area contributed by atoms with Crippen LogP contribution in [0, 0.1) is 0 Å². The molecule has 0 bridgehead atoms. The zero-order chi connectivity index (χ0) is 41.1. The van der Waals surface area contributed by atoms with E-state index >= 15 is 0 Å². The molecule has 9 aromatic carbocycles. The first kappa shape index (κ1) is 26.2. The molecule has 0 N–H and O–H groups in total. The average Bonchev–Trinajstić information content (AvgIpc) is 3.69. The van der Waals surface area contributed by atoms with E-state index in [-0.39, 0.29) is 23.0 Å². The summed E-state index contributed by atoms with van der Waals surface area (Å²) in [4.78, 5) is 17.0. The molecule has 0 fully saturated rings. The van der Waals surface area contributed by atoms with Crippen LogP contribution in [0.3, 0.4) is 0 Å². The highest BCUT2D eigenvalue weighted by Crippen LogP contribution is 2.53. The minimum atomic E-state index is -0.489. The molecule has 0 spiro atoms. The van der Waals surface area contributed by atoms with Gasteiger partial charge in [0.25, 0.3) is 0 Å². The minimum Gasteiger partial charge on any atom is -0.455 e. The van der Waals surface area contributed by atoms with Crippen molar-refractivity contribution >= 4 is 71.3 Å². The third-order valence-corrected chi connectivity index (χ3v) is 10.9. The summed E-state index contributed by atoms with van der Waals surface area (Å²) in [6, 6.07) is 49.7. The van der Waals surface area contributed by atoms with E-state index in [0.29, 0.717) is 22.3 Å². The van der Waals surface area contributed by atoms with E-state index in [1.807, 2.05) is 60.7 Å². The molecule has 0 amide bonds. The number of aromatic nitrogens is 3. The Balaban J connectivity index is 1.04. The van der Waals surface area contributed by atoms with Crippen molar-refractivity contribution in [3.05, 3.63) is 182 Å². The number of nitrogens with zero attached hydrogens (tertiary/aromatic N) is 4. The lowest BCUT2D eigenvalue weighted by molar-refractivity contribution is 0.669. The Labute approximate surface area is 328 Å². The van der Waals surface area contributed by atoms with Crippen molar-refractivity contribution in [1.29, 1.82) is 0 Å². The summed E-state index contributed by atoms with van der Waals surface area (Å²) in [5.74, 6) is 0.495. The van der Waals surface area contributed by atoms with Crippen molar-refractivity contribution in [1.82, 2.24) is 15.0 Å². The number of hydrogen-bond donors (Lipinski definition) is 0. The molecule has 1 aliphatic heterocycles. The van der Waals surface area contributed by atoms with Gasteiger partial charge in [0.05, 0.1) is 23.8 Å². The molecule has 2 aromatic heterocycles. The lowest BCUT2D eigenvalue weighted by Gasteiger charge is -2.34. The van der Waals surface area contributed by atoms with Crippen LogP contribution in [0.2, 0.25) is 0 Å². The monoisotopic (exact) mass is 719 g/mol. The van der Waals surface area contributed by atoms with Crippen LogP contribution in [0.4, 0.5) is 17.1 Å². The summed E-state index contributed by atoms with van der Waals surface area (Å²) >= 11 is 0. The van der Waals surface area contributed by atoms with Gasteiger partial charge in [0.2, 0.25) is 0 Å². The Morgan fingerprint density at radius 3 is 2.05 bits per heavy atom. The van der Waals surface area contributed by atoms with E-state index in [2.05, 4.69) is 95.9 Å². The number of anilines is 3. The molecule has 0 radical (unpaired) electrons. The highest BCUT2D eigenvalue weighted by molar-refractivity contribution is 6.19. The van der Waals surface area contributed by atoms with Gasteiger partial charge in [-0.3, -0.25) is 0 Å². The maximum Gasteiger partial charge on any atom is 0.167 e. The molecule has 0 atom stereocenters. The molecule has 0 aliphatic carbocycles. The topological polar surface area (TPSA) is 55.1 Å². The minimum absolute atomic E-state index is 0.0358. The first-order chi connectivity index (χ1) is 29.8. The second-order valence-corrected chi connectivity index (χ2v) is 14.0. The molecule has 3 heterocycles. The van der Waals surface area contributed by atoms with E-state index in [1.165, 1.54) is 32.7 Å². The first-order valence-corrected chi connectivity index (χ1v) is 18.4. The van der Waals surface area contributed by atoms with E-state index in [4.69, 9.17) is 26.2 Å². The average molecular weight is 720 g/mol. The third kappa shape index (κ3) is 4.64. The van der Waals surface area contributed by atoms with E-state index in [0.717, 1.165) is 38.6 Å². The van der Waals surface area contributed by atoms with Gasteiger partial charge in [-0.1, -0.05) is 139 Å². The molecule has 56 heavy (non-hydrogen) atoms. The maximum atomic E-state index is 8.81. The Morgan fingerprint density at radius 2 is 1.14 bits per heavy atom. The van der Waals surface area contributed by atoms with Crippen molar-refractivity contribution in [2.75, 3.05) is 4.90 Å². The summed E-state index contributed by atoms with van der Waals surface area (Å²) in [7, 11) is 0. The Kier molecular flexibility index (Phi) is 5.58. The van der Waals surface area contributed by atoms with E-state index in [1.54, 1.807) is 0 Å². The van der Waals surface area contributed by atoms with Crippen LogP contribution in [0.5, 0.6) is 0 Å². The zero-order valence-electron chi connectivity index (χ0n) is 34.6. The molecule has 0 saturated carbocycles. The van der Waals surface area contributed by atoms with Crippen molar-refractivity contribution in [3.63, 3.8) is 0 Å². The highest BCUT2D eigenvalue weighted by atomic mass is 16.3. The van der Waals surface area contributed by atoms with Gasteiger partial charge < -0.3 is 9.32 Å². The summed E-state index contributed by atoms with van der Waals surface area (Å²) in [5, 5.41) is 8.55. The van der Waals surface area contributed by atoms with Crippen molar-refractivity contribution < 1.29 is 11.3 Å². The summed E-state index contributed by atoms with van der Waals surface area (Å²) in [6.45, 7) is 0. The fraction of sp³-hybridized carbons (Fsp3) is 0. The highest BCUT2D eigenvalue weighted by Gasteiger charge is 2.27. The Hall–Kier alpha value is -7.63. The number of para-hydroxylation sites is 2. The molecule has 12 rings (SSSR count). The summed E-state index contributed by atoms with van der Waals surface area (Å²) < 4.78 is 49.0. The number of hydrogen-bond acceptors (Lipinski definition) is 5. The zero-order valence-corrected chi connectivity index (χ0v) is 29.6. The predicted octanol–water partition coefficient (Wildman–Crippen LogP) is 13.7. The number of rotatable bonds is 4. The van der Waals surface area contributed by atoms with Gasteiger partial charge >= 0.3 is 0 Å². The smallest absolute Gasteiger partial charge is 0.167 e. The summed E-state index contributed by atoms with van der Waals surface area (Å²) in [6.07, 6.45) is 0. The lowest BCUT2D eigenvalue weighted by atomic mass is 9.87. The molecule has 260 valence electrons. The van der Waals surface area contributed by atoms with Gasteiger partial charge in [-0.25, -0.2) is 15.0 Å². The van der Waals surface area contributed by atoms with Crippen molar-refractivity contribution in [2.24, 2.45) is 0 Å². The predicted molar refractivity (Wildman–Crippen MR) is 230 cm³/mol. The number of fused-ring (bicyclic) bond motifs is 8. The second-order valence-electron chi connectivity index (χ2n) is 14.0. The fourth-order valence-corrected chi connectivity index (χ4v) is 8.39. The number of furan rings is 1. The van der Waals surface area contributed by atoms with Gasteiger partial charge in [0.1, 0.15) is 11.2 Å². The first-order valence-electron chi connectivity index (χ1n) is 20.9. The van der Waals surface area contributed by atoms with Crippen LogP contribution in [-0.2, 0) is 0 Å². The van der Waals surface area contributed by atoms with Gasteiger partial charge in [-0.2, -0.15) is 0 Å². The Morgan fingerprint density at radius 1 is 0.464 bits per heavy atom. The quantitative estimate of drug-likeness (QED) is 0.181. The standard InChI is InChI=1S/C51H30N4O/c1-2-12-33(13-3-1)49-52-50(54-51(53-49)42-20-10-18-40-39-17-6-7-22-45(39)56-48(40)42)36-24-23-35-30-37(27-25-34(35)29-36)55-43-21-9-15-32-14-8-19-41(46(32)43)47-38-16-5-4-11-31(38)26-28-44(47)55/h1-30H/i1D,2D,3D,12D,13D. The second kappa shape index (κ2) is 11.9. The van der Waals surface area contributed by atoms with Crippen LogP contribution in [0.1, 0.15) is 6.85 Å². The third-order valence-electron chi connectivity index (χ3n) is 10.9.